The zero-order valence-corrected chi connectivity index (χ0v) is 13.5. The molecule has 7 heteroatoms. The van der Waals surface area contributed by atoms with E-state index in [0.717, 1.165) is 0 Å². The number of nitrogens with one attached hydrogen (secondary N) is 1. The Balaban J connectivity index is 3.02. The van der Waals surface area contributed by atoms with E-state index < -0.39 is 34.0 Å². The van der Waals surface area contributed by atoms with Gasteiger partial charge < -0.3 is 0 Å². The second-order valence-corrected chi connectivity index (χ2v) is 7.90. The van der Waals surface area contributed by atoms with Crippen molar-refractivity contribution in [2.75, 3.05) is 0 Å². The summed E-state index contributed by atoms with van der Waals surface area (Å²) in [6.07, 6.45) is -5.24. The lowest BCUT2D eigenvalue weighted by atomic mass is 10.0. The van der Waals surface area contributed by atoms with Crippen LogP contribution >= 0.6 is 0 Å². The fraction of sp³-hybridized carbons (Fsp3) is 0.533. The highest BCUT2D eigenvalue weighted by Crippen LogP contribution is 2.36. The van der Waals surface area contributed by atoms with Crippen LogP contribution in [0.15, 0.2) is 30.3 Å². The van der Waals surface area contributed by atoms with Crippen molar-refractivity contribution in [2.24, 2.45) is 0 Å². The van der Waals surface area contributed by atoms with Crippen molar-refractivity contribution in [3.8, 4) is 0 Å². The van der Waals surface area contributed by atoms with Crippen LogP contribution in [0.5, 0.6) is 0 Å². The summed E-state index contributed by atoms with van der Waals surface area (Å²) in [5, 5.41) is 0. The number of halogens is 3. The van der Waals surface area contributed by atoms with Gasteiger partial charge in [-0.15, -0.1) is 0 Å². The van der Waals surface area contributed by atoms with Gasteiger partial charge in [-0.1, -0.05) is 30.3 Å². The van der Waals surface area contributed by atoms with E-state index in [1.165, 1.54) is 0 Å². The van der Waals surface area contributed by atoms with Crippen LogP contribution in [-0.2, 0) is 17.4 Å². The molecule has 0 aliphatic carbocycles. The van der Waals surface area contributed by atoms with Crippen LogP contribution in [0.25, 0.3) is 4.85 Å². The smallest absolute Gasteiger partial charge is 0.282 e. The van der Waals surface area contributed by atoms with Crippen molar-refractivity contribution in [1.29, 1.82) is 0 Å². The van der Waals surface area contributed by atoms with Gasteiger partial charge in [0.15, 0.2) is 0 Å². The predicted molar refractivity (Wildman–Crippen MR) is 81.2 cm³/mol. The minimum Gasteiger partial charge on any atom is -0.282 e. The first-order valence-corrected chi connectivity index (χ1v) is 7.86. The van der Waals surface area contributed by atoms with E-state index in [-0.39, 0.29) is 6.42 Å². The zero-order chi connectivity index (χ0) is 17.0. The van der Waals surface area contributed by atoms with Crippen LogP contribution in [0, 0.1) is 6.57 Å². The Bertz CT molecular complexity index is 561. The van der Waals surface area contributed by atoms with Crippen molar-refractivity contribution in [2.45, 2.75) is 50.2 Å². The maximum absolute atomic E-state index is 13.4. The molecule has 22 heavy (non-hydrogen) atoms. The molecular weight excluding hydrogens is 313 g/mol. The third kappa shape index (κ3) is 4.55. The standard InChI is InChI=1S/C15H19F3N2OS/c1-13(2,3)22(21)20-14(19-4,15(16,17)18)11-10-12-8-6-5-7-9-12/h5-9,20H,10-11H2,1-3H3/t14-,22-/m1/s1. The first-order chi connectivity index (χ1) is 10.0. The van der Waals surface area contributed by atoms with Gasteiger partial charge in [0.05, 0.1) is 11.2 Å². The fourth-order valence-corrected chi connectivity index (χ4v) is 2.55. The number of nitrogens with zero attached hydrogens (tertiary/aromatic N) is 1. The van der Waals surface area contributed by atoms with Crippen LogP contribution in [0.1, 0.15) is 32.8 Å². The minimum absolute atomic E-state index is 0.0665. The van der Waals surface area contributed by atoms with Gasteiger partial charge in [0.25, 0.3) is 0 Å². The number of alkyl halides is 3. The lowest BCUT2D eigenvalue weighted by Gasteiger charge is -2.28. The predicted octanol–water partition coefficient (Wildman–Crippen LogP) is 3.85. The highest BCUT2D eigenvalue weighted by molar-refractivity contribution is 7.84. The fourth-order valence-electron chi connectivity index (χ4n) is 1.67. The molecule has 0 aliphatic heterocycles. The summed E-state index contributed by atoms with van der Waals surface area (Å²) in [5.74, 6) is 0. The van der Waals surface area contributed by atoms with Gasteiger partial charge in [0, 0.05) is 0 Å². The highest BCUT2D eigenvalue weighted by Gasteiger charge is 2.63. The Labute approximate surface area is 131 Å². The summed E-state index contributed by atoms with van der Waals surface area (Å²) in [6.45, 7) is 11.7. The van der Waals surface area contributed by atoms with Crippen molar-refractivity contribution in [3.63, 3.8) is 0 Å². The van der Waals surface area contributed by atoms with Crippen LogP contribution < -0.4 is 4.72 Å². The lowest BCUT2D eigenvalue weighted by molar-refractivity contribution is -0.178. The quantitative estimate of drug-likeness (QED) is 0.817. The van der Waals surface area contributed by atoms with Crippen molar-refractivity contribution >= 4 is 11.0 Å². The average Bonchev–Trinajstić information content (AvgIpc) is 2.42. The van der Waals surface area contributed by atoms with Gasteiger partial charge in [-0.2, -0.15) is 17.9 Å². The lowest BCUT2D eigenvalue weighted by Crippen LogP contribution is -2.57. The molecule has 122 valence electrons. The summed E-state index contributed by atoms with van der Waals surface area (Å²) in [5.41, 5.74) is -2.15. The van der Waals surface area contributed by atoms with Crippen molar-refractivity contribution in [3.05, 3.63) is 47.3 Å². The number of hydrogen-bond donors (Lipinski definition) is 1. The van der Waals surface area contributed by atoms with E-state index >= 15 is 0 Å². The van der Waals surface area contributed by atoms with Gasteiger partial charge in [-0.3, -0.25) is 4.85 Å². The average molecular weight is 332 g/mol. The first-order valence-electron chi connectivity index (χ1n) is 6.71. The summed E-state index contributed by atoms with van der Waals surface area (Å²) >= 11 is 0. The molecule has 1 rings (SSSR count). The third-order valence-corrected chi connectivity index (χ3v) is 4.73. The molecule has 1 aromatic carbocycles. The number of hydrogen-bond acceptors (Lipinski definition) is 1. The molecule has 2 atom stereocenters. The van der Waals surface area contributed by atoms with Crippen LogP contribution in [0.4, 0.5) is 13.2 Å². The second-order valence-electron chi connectivity index (χ2n) is 5.94. The number of aryl methyl sites for hydroxylation is 1. The van der Waals surface area contributed by atoms with Gasteiger partial charge >= 0.3 is 11.8 Å². The Morgan fingerprint density at radius 2 is 1.73 bits per heavy atom. The van der Waals surface area contributed by atoms with Crippen LogP contribution in [0.3, 0.4) is 0 Å². The summed E-state index contributed by atoms with van der Waals surface area (Å²) < 4.78 is 53.4. The molecule has 0 aliphatic rings. The molecule has 0 radical (unpaired) electrons. The molecule has 0 heterocycles. The molecule has 0 bridgehead atoms. The minimum atomic E-state index is -4.82. The molecule has 0 amide bonds. The summed E-state index contributed by atoms with van der Waals surface area (Å²) in [6, 6.07) is 8.62. The third-order valence-electron chi connectivity index (χ3n) is 3.10. The van der Waals surface area contributed by atoms with E-state index in [2.05, 4.69) is 4.85 Å². The largest absolute Gasteiger partial charge is 0.485 e. The van der Waals surface area contributed by atoms with E-state index in [1.54, 1.807) is 51.1 Å². The van der Waals surface area contributed by atoms with Gasteiger partial charge in [-0.25, -0.2) is 10.8 Å². The molecule has 0 saturated heterocycles. The molecule has 0 saturated carbocycles. The van der Waals surface area contributed by atoms with E-state index in [9.17, 15) is 17.4 Å². The monoisotopic (exact) mass is 332 g/mol. The molecule has 0 fully saturated rings. The van der Waals surface area contributed by atoms with E-state index in [1.807, 2.05) is 4.72 Å². The van der Waals surface area contributed by atoms with Crippen molar-refractivity contribution in [1.82, 2.24) is 4.72 Å². The molecule has 0 unspecified atom stereocenters. The highest BCUT2D eigenvalue weighted by atomic mass is 32.2. The van der Waals surface area contributed by atoms with Gasteiger partial charge in [0.2, 0.25) is 0 Å². The Morgan fingerprint density at radius 1 is 1.18 bits per heavy atom. The van der Waals surface area contributed by atoms with Gasteiger partial charge in [-0.05, 0) is 32.8 Å². The number of rotatable bonds is 5. The Kier molecular flexibility index (Phi) is 5.76. The molecule has 0 spiro atoms. The summed E-state index contributed by atoms with van der Waals surface area (Å²) in [7, 11) is -1.99. The Hall–Kier alpha value is -1.39. The SMILES string of the molecule is [C-]#[N+][C@](CCc1ccccc1)(N[S@](=O)C(C)(C)C)C(F)(F)F. The maximum Gasteiger partial charge on any atom is 0.485 e. The molecular formula is C15H19F3N2OS. The van der Waals surface area contributed by atoms with Crippen LogP contribution in [-0.4, -0.2) is 20.8 Å². The van der Waals surface area contributed by atoms with Crippen LogP contribution in [0.2, 0.25) is 0 Å². The Morgan fingerprint density at radius 3 is 2.14 bits per heavy atom. The molecule has 1 aromatic rings. The maximum atomic E-state index is 13.4. The van der Waals surface area contributed by atoms with E-state index in [0.29, 0.717) is 5.56 Å². The molecule has 3 nitrogen and oxygen atoms in total. The normalized spacial score (nSPS) is 16.6. The van der Waals surface area contributed by atoms with Crippen molar-refractivity contribution < 1.29 is 17.4 Å². The van der Waals surface area contributed by atoms with Gasteiger partial charge in [0.1, 0.15) is 11.0 Å². The first kappa shape index (κ1) is 18.7. The molecule has 0 aromatic heterocycles. The zero-order valence-electron chi connectivity index (χ0n) is 12.7. The van der Waals surface area contributed by atoms with E-state index in [4.69, 9.17) is 6.57 Å². The topological polar surface area (TPSA) is 33.5 Å². The molecule has 1 N–H and O–H groups in total. The summed E-state index contributed by atoms with van der Waals surface area (Å²) in [4.78, 5) is 2.78. The second kappa shape index (κ2) is 6.80. The number of benzene rings is 1.